The number of ether oxygens (including phenoxy) is 3. The highest BCUT2D eigenvalue weighted by Crippen LogP contribution is 2.36. The normalized spacial score (nSPS) is 18.9. The van der Waals surface area contributed by atoms with Gasteiger partial charge < -0.3 is 19.5 Å². The predicted octanol–water partition coefficient (Wildman–Crippen LogP) is 3.02. The fraction of sp³-hybridized carbons (Fsp3) is 0.600. The number of methoxy groups -OCH3 is 1. The lowest BCUT2D eigenvalue weighted by atomic mass is 10.1. The van der Waals surface area contributed by atoms with E-state index in [1.165, 1.54) is 0 Å². The third-order valence-corrected chi connectivity index (χ3v) is 3.50. The quantitative estimate of drug-likeness (QED) is 0.876. The van der Waals surface area contributed by atoms with E-state index in [1.807, 2.05) is 6.07 Å². The topological polar surface area (TPSA) is 39.7 Å². The molecule has 1 heterocycles. The van der Waals surface area contributed by atoms with Gasteiger partial charge in [0, 0.05) is 29.8 Å². The van der Waals surface area contributed by atoms with E-state index in [2.05, 4.69) is 12.2 Å². The Morgan fingerprint density at radius 2 is 2.30 bits per heavy atom. The molecule has 0 saturated carbocycles. The standard InChI is InChI=1S/C15H22ClNO3/c1-3-17-9-11-7-12(16)8-14(18-2)15(11)20-13-5-4-6-19-10-13/h7-8,13,17H,3-6,9-10H2,1-2H3. The molecule has 0 bridgehead atoms. The van der Waals surface area contributed by atoms with Gasteiger partial charge in [-0.05, 0) is 25.5 Å². The molecule has 0 spiro atoms. The van der Waals surface area contributed by atoms with E-state index in [0.29, 0.717) is 23.9 Å². The van der Waals surface area contributed by atoms with Crippen LogP contribution in [-0.2, 0) is 11.3 Å². The summed E-state index contributed by atoms with van der Waals surface area (Å²) in [5, 5.41) is 3.95. The third-order valence-electron chi connectivity index (χ3n) is 3.28. The first-order chi connectivity index (χ1) is 9.74. The van der Waals surface area contributed by atoms with Gasteiger partial charge in [0.15, 0.2) is 11.5 Å². The molecule has 0 amide bonds. The van der Waals surface area contributed by atoms with Gasteiger partial charge in [-0.3, -0.25) is 0 Å². The van der Waals surface area contributed by atoms with Gasteiger partial charge >= 0.3 is 0 Å². The van der Waals surface area contributed by atoms with Crippen LogP contribution in [0, 0.1) is 0 Å². The van der Waals surface area contributed by atoms with E-state index >= 15 is 0 Å². The van der Waals surface area contributed by atoms with Gasteiger partial charge in [0.25, 0.3) is 0 Å². The van der Waals surface area contributed by atoms with Crippen molar-refractivity contribution in [3.8, 4) is 11.5 Å². The Balaban J connectivity index is 2.21. The first-order valence-electron chi connectivity index (χ1n) is 7.06. The Kier molecular flexibility index (Phi) is 5.95. The van der Waals surface area contributed by atoms with Crippen LogP contribution in [0.25, 0.3) is 0 Å². The predicted molar refractivity (Wildman–Crippen MR) is 79.9 cm³/mol. The van der Waals surface area contributed by atoms with Gasteiger partial charge in [0.2, 0.25) is 0 Å². The molecule has 1 N–H and O–H groups in total. The van der Waals surface area contributed by atoms with Gasteiger partial charge in [-0.1, -0.05) is 18.5 Å². The van der Waals surface area contributed by atoms with Crippen LogP contribution >= 0.6 is 11.6 Å². The van der Waals surface area contributed by atoms with Crippen LogP contribution in [0.4, 0.5) is 0 Å². The molecule has 1 unspecified atom stereocenters. The molecule has 0 radical (unpaired) electrons. The molecule has 0 aromatic heterocycles. The summed E-state index contributed by atoms with van der Waals surface area (Å²) in [5.41, 5.74) is 1.02. The lowest BCUT2D eigenvalue weighted by molar-refractivity contribution is 0.00600. The highest BCUT2D eigenvalue weighted by Gasteiger charge is 2.20. The summed E-state index contributed by atoms with van der Waals surface area (Å²) in [6.07, 6.45) is 2.12. The smallest absolute Gasteiger partial charge is 0.166 e. The summed E-state index contributed by atoms with van der Waals surface area (Å²) in [5.74, 6) is 1.45. The number of halogens is 1. The molecule has 112 valence electrons. The summed E-state index contributed by atoms with van der Waals surface area (Å²) in [4.78, 5) is 0. The summed E-state index contributed by atoms with van der Waals surface area (Å²) in [7, 11) is 1.63. The third kappa shape index (κ3) is 4.01. The Hall–Kier alpha value is -0.970. The second-order valence-electron chi connectivity index (χ2n) is 4.83. The van der Waals surface area contributed by atoms with Crippen molar-refractivity contribution in [1.82, 2.24) is 5.32 Å². The van der Waals surface area contributed by atoms with Crippen molar-refractivity contribution in [1.29, 1.82) is 0 Å². The Bertz CT molecular complexity index is 433. The monoisotopic (exact) mass is 299 g/mol. The maximum absolute atomic E-state index is 6.13. The highest BCUT2D eigenvalue weighted by molar-refractivity contribution is 6.30. The molecule has 1 aliphatic heterocycles. The van der Waals surface area contributed by atoms with E-state index in [-0.39, 0.29) is 6.10 Å². The summed E-state index contributed by atoms with van der Waals surface area (Å²) in [6.45, 7) is 5.11. The van der Waals surface area contributed by atoms with Gasteiger partial charge in [-0.15, -0.1) is 0 Å². The molecule has 5 heteroatoms. The second-order valence-corrected chi connectivity index (χ2v) is 5.27. The summed E-state index contributed by atoms with van der Waals surface area (Å²) in [6, 6.07) is 3.71. The maximum Gasteiger partial charge on any atom is 0.166 e. The molecule has 0 aliphatic carbocycles. The second kappa shape index (κ2) is 7.72. The van der Waals surface area contributed by atoms with Crippen LogP contribution in [0.1, 0.15) is 25.3 Å². The lowest BCUT2D eigenvalue weighted by Gasteiger charge is -2.25. The average molecular weight is 300 g/mol. The lowest BCUT2D eigenvalue weighted by Crippen LogP contribution is -2.28. The van der Waals surface area contributed by atoms with Crippen LogP contribution < -0.4 is 14.8 Å². The van der Waals surface area contributed by atoms with Crippen molar-refractivity contribution in [2.24, 2.45) is 0 Å². The molecule has 4 nitrogen and oxygen atoms in total. The zero-order chi connectivity index (χ0) is 14.4. The van der Waals surface area contributed by atoms with E-state index in [1.54, 1.807) is 13.2 Å². The van der Waals surface area contributed by atoms with E-state index in [0.717, 1.165) is 37.3 Å². The van der Waals surface area contributed by atoms with Gasteiger partial charge in [-0.2, -0.15) is 0 Å². The number of nitrogens with one attached hydrogen (secondary N) is 1. The average Bonchev–Trinajstić information content (AvgIpc) is 2.48. The molecule has 1 fully saturated rings. The molecule has 1 saturated heterocycles. The summed E-state index contributed by atoms with van der Waals surface area (Å²) >= 11 is 6.13. The molecule has 1 atom stereocenters. The zero-order valence-electron chi connectivity index (χ0n) is 12.1. The minimum absolute atomic E-state index is 0.0826. The number of hydrogen-bond donors (Lipinski definition) is 1. The van der Waals surface area contributed by atoms with Crippen molar-refractivity contribution in [2.75, 3.05) is 26.9 Å². The molecule has 1 aromatic carbocycles. The zero-order valence-corrected chi connectivity index (χ0v) is 12.8. The fourth-order valence-electron chi connectivity index (χ4n) is 2.27. The molecule has 1 aromatic rings. The van der Waals surface area contributed by atoms with Crippen molar-refractivity contribution in [2.45, 2.75) is 32.4 Å². The molecule has 20 heavy (non-hydrogen) atoms. The minimum Gasteiger partial charge on any atom is -0.493 e. The minimum atomic E-state index is 0.0826. The Morgan fingerprint density at radius 1 is 1.45 bits per heavy atom. The fourth-order valence-corrected chi connectivity index (χ4v) is 2.50. The maximum atomic E-state index is 6.13. The number of hydrogen-bond acceptors (Lipinski definition) is 4. The first-order valence-corrected chi connectivity index (χ1v) is 7.44. The van der Waals surface area contributed by atoms with Crippen molar-refractivity contribution >= 4 is 11.6 Å². The first kappa shape index (κ1) is 15.4. The largest absolute Gasteiger partial charge is 0.493 e. The van der Waals surface area contributed by atoms with Gasteiger partial charge in [-0.25, -0.2) is 0 Å². The van der Waals surface area contributed by atoms with Crippen LogP contribution in [0.5, 0.6) is 11.5 Å². The SMILES string of the molecule is CCNCc1cc(Cl)cc(OC)c1OC1CCCOC1. The van der Waals surface area contributed by atoms with E-state index in [9.17, 15) is 0 Å². The van der Waals surface area contributed by atoms with Crippen molar-refractivity contribution in [3.63, 3.8) is 0 Å². The number of rotatable bonds is 6. The van der Waals surface area contributed by atoms with Gasteiger partial charge in [0.05, 0.1) is 13.7 Å². The Labute approximate surface area is 125 Å². The van der Waals surface area contributed by atoms with Crippen molar-refractivity contribution < 1.29 is 14.2 Å². The highest BCUT2D eigenvalue weighted by atomic mass is 35.5. The number of benzene rings is 1. The van der Waals surface area contributed by atoms with Crippen LogP contribution in [0.3, 0.4) is 0 Å². The van der Waals surface area contributed by atoms with Crippen LogP contribution in [0.2, 0.25) is 5.02 Å². The molecular weight excluding hydrogens is 278 g/mol. The molecular formula is C15H22ClNO3. The van der Waals surface area contributed by atoms with Crippen LogP contribution in [0.15, 0.2) is 12.1 Å². The summed E-state index contributed by atoms with van der Waals surface area (Å²) < 4.78 is 17.0. The Morgan fingerprint density at radius 3 is 2.95 bits per heavy atom. The molecule has 2 rings (SSSR count). The van der Waals surface area contributed by atoms with E-state index in [4.69, 9.17) is 25.8 Å². The van der Waals surface area contributed by atoms with Crippen LogP contribution in [-0.4, -0.2) is 33.0 Å². The van der Waals surface area contributed by atoms with Gasteiger partial charge in [0.1, 0.15) is 6.10 Å². The van der Waals surface area contributed by atoms with E-state index < -0.39 is 0 Å². The molecule has 1 aliphatic rings. The van der Waals surface area contributed by atoms with Crippen molar-refractivity contribution in [3.05, 3.63) is 22.7 Å².